The fourth-order valence-electron chi connectivity index (χ4n) is 3.20. The molecule has 138 valence electrons. The first kappa shape index (κ1) is 17.7. The summed E-state index contributed by atoms with van der Waals surface area (Å²) < 4.78 is 36.7. The Morgan fingerprint density at radius 3 is 2.70 bits per heavy atom. The van der Waals surface area contributed by atoms with Crippen molar-refractivity contribution < 1.29 is 22.7 Å². The number of carbonyl (C=O) groups excluding carboxylic acids is 1. The van der Waals surface area contributed by atoms with Gasteiger partial charge in [0.25, 0.3) is 0 Å². The number of hydrogen-bond donors (Lipinski definition) is 0. The number of benzene rings is 2. The first-order chi connectivity index (χ1) is 13.0. The van der Waals surface area contributed by atoms with E-state index in [1.54, 1.807) is 12.1 Å². The van der Waals surface area contributed by atoms with Crippen molar-refractivity contribution in [3.05, 3.63) is 69.6 Å². The molecule has 1 heterocycles. The fourth-order valence-corrected chi connectivity index (χ4v) is 3.89. The Labute approximate surface area is 157 Å². The predicted molar refractivity (Wildman–Crippen MR) is 97.2 cm³/mol. The van der Waals surface area contributed by atoms with Gasteiger partial charge in [-0.05, 0) is 55.2 Å². The molecule has 0 unspecified atom stereocenters. The van der Waals surface area contributed by atoms with Gasteiger partial charge < -0.3 is 9.15 Å². The lowest BCUT2D eigenvalue weighted by Crippen LogP contribution is -2.11. The standard InChI is InChI=1S/C20H14F2O4S/c21-16-7-5-12(9-17(16)22)27-10-19(23)25-11-4-6-14-13-2-1-3-15(13)20(24)26-18(14)8-11/h4-9H,1-3,10H2. The molecule has 0 atom stereocenters. The monoisotopic (exact) mass is 388 g/mol. The normalized spacial score (nSPS) is 13.0. The second-order valence-corrected chi connectivity index (χ2v) is 7.25. The van der Waals surface area contributed by atoms with Crippen molar-refractivity contribution in [1.82, 2.24) is 0 Å². The summed E-state index contributed by atoms with van der Waals surface area (Å²) in [6.07, 6.45) is 2.49. The van der Waals surface area contributed by atoms with E-state index in [-0.39, 0.29) is 17.1 Å². The average Bonchev–Trinajstić information content (AvgIpc) is 3.13. The number of ether oxygens (including phenoxy) is 1. The van der Waals surface area contributed by atoms with Gasteiger partial charge in [0, 0.05) is 21.9 Å². The van der Waals surface area contributed by atoms with Crippen LogP contribution in [0.15, 0.2) is 50.5 Å². The van der Waals surface area contributed by atoms with Gasteiger partial charge in [0.1, 0.15) is 11.3 Å². The third-order valence-electron chi connectivity index (χ3n) is 4.42. The lowest BCUT2D eigenvalue weighted by molar-refractivity contribution is -0.131. The smallest absolute Gasteiger partial charge is 0.339 e. The zero-order chi connectivity index (χ0) is 19.0. The summed E-state index contributed by atoms with van der Waals surface area (Å²) in [5.41, 5.74) is 1.79. The maximum Gasteiger partial charge on any atom is 0.339 e. The molecule has 0 radical (unpaired) electrons. The zero-order valence-electron chi connectivity index (χ0n) is 14.1. The highest BCUT2D eigenvalue weighted by molar-refractivity contribution is 8.00. The topological polar surface area (TPSA) is 56.5 Å². The van der Waals surface area contributed by atoms with E-state index in [4.69, 9.17) is 9.15 Å². The molecule has 0 saturated carbocycles. The summed E-state index contributed by atoms with van der Waals surface area (Å²) in [4.78, 5) is 24.5. The Kier molecular flexibility index (Phi) is 4.70. The van der Waals surface area contributed by atoms with E-state index >= 15 is 0 Å². The van der Waals surface area contributed by atoms with Crippen LogP contribution in [0.3, 0.4) is 0 Å². The maximum absolute atomic E-state index is 13.2. The van der Waals surface area contributed by atoms with Crippen LogP contribution in [-0.4, -0.2) is 11.7 Å². The summed E-state index contributed by atoms with van der Waals surface area (Å²) >= 11 is 1.04. The molecular weight excluding hydrogens is 374 g/mol. The SMILES string of the molecule is O=C(CSc1ccc(F)c(F)c1)Oc1ccc2c3c(c(=O)oc2c1)CCC3. The number of rotatable bonds is 4. The zero-order valence-corrected chi connectivity index (χ0v) is 14.9. The first-order valence-corrected chi connectivity index (χ1v) is 9.37. The predicted octanol–water partition coefficient (Wildman–Crippen LogP) is 4.26. The minimum absolute atomic E-state index is 0.0722. The molecule has 1 aliphatic rings. The van der Waals surface area contributed by atoms with Crippen molar-refractivity contribution >= 4 is 28.7 Å². The summed E-state index contributed by atoms with van der Waals surface area (Å²) in [6.45, 7) is 0. The van der Waals surface area contributed by atoms with E-state index in [0.717, 1.165) is 59.7 Å². The number of carbonyl (C=O) groups is 1. The second kappa shape index (κ2) is 7.15. The van der Waals surface area contributed by atoms with Crippen LogP contribution in [0.2, 0.25) is 0 Å². The third-order valence-corrected chi connectivity index (χ3v) is 5.39. The summed E-state index contributed by atoms with van der Waals surface area (Å²) in [7, 11) is 0. The van der Waals surface area contributed by atoms with E-state index in [1.165, 1.54) is 12.1 Å². The molecule has 3 aromatic rings. The van der Waals surface area contributed by atoms with Gasteiger partial charge in [-0.1, -0.05) is 0 Å². The van der Waals surface area contributed by atoms with Gasteiger partial charge in [-0.3, -0.25) is 4.79 Å². The molecule has 2 aromatic carbocycles. The van der Waals surface area contributed by atoms with Crippen LogP contribution in [0.5, 0.6) is 5.75 Å². The Morgan fingerprint density at radius 2 is 1.89 bits per heavy atom. The largest absolute Gasteiger partial charge is 0.426 e. The van der Waals surface area contributed by atoms with Gasteiger partial charge in [0.05, 0.1) is 5.75 Å². The molecule has 0 aliphatic heterocycles. The molecule has 0 N–H and O–H groups in total. The Morgan fingerprint density at radius 1 is 1.07 bits per heavy atom. The van der Waals surface area contributed by atoms with Crippen LogP contribution in [0.1, 0.15) is 17.5 Å². The van der Waals surface area contributed by atoms with Gasteiger partial charge in [-0.2, -0.15) is 0 Å². The third kappa shape index (κ3) is 3.60. The maximum atomic E-state index is 13.2. The molecule has 0 saturated heterocycles. The van der Waals surface area contributed by atoms with E-state index in [1.807, 2.05) is 0 Å². The Balaban J connectivity index is 1.48. The molecule has 0 bridgehead atoms. The molecule has 7 heteroatoms. The highest BCUT2D eigenvalue weighted by Gasteiger charge is 2.20. The summed E-state index contributed by atoms with van der Waals surface area (Å²) in [5.74, 6) is -2.26. The van der Waals surface area contributed by atoms with Crippen LogP contribution < -0.4 is 10.4 Å². The number of aryl methyl sites for hydroxylation is 1. The first-order valence-electron chi connectivity index (χ1n) is 8.38. The minimum Gasteiger partial charge on any atom is -0.426 e. The molecule has 0 fully saturated rings. The van der Waals surface area contributed by atoms with Crippen LogP contribution in [0.4, 0.5) is 8.78 Å². The van der Waals surface area contributed by atoms with Crippen molar-refractivity contribution in [2.75, 3.05) is 5.75 Å². The van der Waals surface area contributed by atoms with E-state index in [0.29, 0.717) is 10.5 Å². The van der Waals surface area contributed by atoms with Crippen molar-refractivity contribution in [1.29, 1.82) is 0 Å². The minimum atomic E-state index is -0.967. The summed E-state index contributed by atoms with van der Waals surface area (Å²) in [6, 6.07) is 8.39. The number of thioether (sulfide) groups is 1. The van der Waals surface area contributed by atoms with Crippen molar-refractivity contribution in [2.24, 2.45) is 0 Å². The van der Waals surface area contributed by atoms with Gasteiger partial charge in [-0.25, -0.2) is 13.6 Å². The highest BCUT2D eigenvalue weighted by atomic mass is 32.2. The van der Waals surface area contributed by atoms with Crippen molar-refractivity contribution in [2.45, 2.75) is 24.2 Å². The average molecular weight is 388 g/mol. The van der Waals surface area contributed by atoms with E-state index in [2.05, 4.69) is 0 Å². The van der Waals surface area contributed by atoms with Gasteiger partial charge in [0.15, 0.2) is 11.6 Å². The Hall–Kier alpha value is -2.67. The lowest BCUT2D eigenvalue weighted by Gasteiger charge is -2.07. The number of halogens is 2. The van der Waals surface area contributed by atoms with Gasteiger partial charge >= 0.3 is 11.6 Å². The quantitative estimate of drug-likeness (QED) is 0.289. The fraction of sp³-hybridized carbons (Fsp3) is 0.200. The van der Waals surface area contributed by atoms with Gasteiger partial charge in [-0.15, -0.1) is 11.8 Å². The van der Waals surface area contributed by atoms with E-state index < -0.39 is 17.6 Å². The number of esters is 1. The molecule has 0 spiro atoms. The lowest BCUT2D eigenvalue weighted by atomic mass is 10.1. The van der Waals surface area contributed by atoms with E-state index in [9.17, 15) is 18.4 Å². The second-order valence-electron chi connectivity index (χ2n) is 6.20. The number of hydrogen-bond acceptors (Lipinski definition) is 5. The molecule has 27 heavy (non-hydrogen) atoms. The Bertz CT molecular complexity index is 1110. The molecule has 0 amide bonds. The van der Waals surface area contributed by atoms with Crippen molar-refractivity contribution in [3.8, 4) is 5.75 Å². The molecule has 1 aliphatic carbocycles. The molecule has 1 aromatic heterocycles. The molecule has 4 rings (SSSR count). The van der Waals surface area contributed by atoms with Crippen molar-refractivity contribution in [3.63, 3.8) is 0 Å². The number of fused-ring (bicyclic) bond motifs is 3. The molecular formula is C20H14F2O4S. The highest BCUT2D eigenvalue weighted by Crippen LogP contribution is 2.30. The van der Waals surface area contributed by atoms with Gasteiger partial charge in [0.2, 0.25) is 0 Å². The van der Waals surface area contributed by atoms with Crippen LogP contribution in [0.25, 0.3) is 11.0 Å². The van der Waals surface area contributed by atoms with Crippen LogP contribution in [-0.2, 0) is 17.6 Å². The molecule has 4 nitrogen and oxygen atoms in total. The summed E-state index contributed by atoms with van der Waals surface area (Å²) in [5, 5.41) is 0.859. The van der Waals surface area contributed by atoms with Crippen LogP contribution >= 0.6 is 11.8 Å². The van der Waals surface area contributed by atoms with Crippen LogP contribution in [0, 0.1) is 11.6 Å².